The number of imidazole rings is 1. The highest BCUT2D eigenvalue weighted by Crippen LogP contribution is 2.35. The molecule has 2 bridgehead atoms. The lowest BCUT2D eigenvalue weighted by Gasteiger charge is -2.34. The van der Waals surface area contributed by atoms with Gasteiger partial charge in [0.2, 0.25) is 5.95 Å². The predicted molar refractivity (Wildman–Crippen MR) is 98.3 cm³/mol. The van der Waals surface area contributed by atoms with E-state index in [2.05, 4.69) is 14.9 Å². The van der Waals surface area contributed by atoms with Gasteiger partial charge in [0.1, 0.15) is 10.8 Å². The number of hydrogen-bond acceptors (Lipinski definition) is 5. The molecule has 5 heterocycles. The Hall–Kier alpha value is -2.32. The Morgan fingerprint density at radius 2 is 2.04 bits per heavy atom. The summed E-state index contributed by atoms with van der Waals surface area (Å²) in [7, 11) is 0. The third kappa shape index (κ3) is 2.93. The molecule has 2 atom stereocenters. The Morgan fingerprint density at radius 1 is 1.15 bits per heavy atom. The highest BCUT2D eigenvalue weighted by molar-refractivity contribution is 6.29. The van der Waals surface area contributed by atoms with Gasteiger partial charge in [0, 0.05) is 55.4 Å². The molecule has 0 N–H and O–H groups in total. The van der Waals surface area contributed by atoms with Gasteiger partial charge >= 0.3 is 0 Å². The topological polar surface area (TPSA) is 49.6 Å². The fourth-order valence-corrected chi connectivity index (χ4v) is 4.39. The molecule has 0 aliphatic carbocycles. The Kier molecular flexibility index (Phi) is 3.98. The number of alkyl halides is 2. The van der Waals surface area contributed by atoms with Crippen molar-refractivity contribution < 1.29 is 8.78 Å². The van der Waals surface area contributed by atoms with Gasteiger partial charge in [-0.1, -0.05) is 11.6 Å². The van der Waals surface area contributed by atoms with E-state index in [0.29, 0.717) is 18.2 Å². The summed E-state index contributed by atoms with van der Waals surface area (Å²) in [6, 6.07) is 5.87. The molecule has 9 heteroatoms. The van der Waals surface area contributed by atoms with Crippen LogP contribution in [0.15, 0.2) is 36.8 Å². The maximum atomic E-state index is 12.8. The van der Waals surface area contributed by atoms with E-state index < -0.39 is 6.43 Å². The molecule has 0 spiro atoms. The van der Waals surface area contributed by atoms with Gasteiger partial charge in [-0.2, -0.15) is 0 Å². The molecular weight excluding hydrogens is 374 g/mol. The molecule has 0 radical (unpaired) electrons. The molecule has 0 saturated carbocycles. The molecule has 2 saturated heterocycles. The van der Waals surface area contributed by atoms with Crippen molar-refractivity contribution >= 4 is 23.2 Å². The van der Waals surface area contributed by atoms with E-state index in [-0.39, 0.29) is 18.6 Å². The van der Waals surface area contributed by atoms with Crippen molar-refractivity contribution in [2.45, 2.75) is 24.9 Å². The summed E-state index contributed by atoms with van der Waals surface area (Å²) in [5.74, 6) is 0.789. The van der Waals surface area contributed by atoms with E-state index >= 15 is 0 Å². The van der Waals surface area contributed by atoms with Crippen molar-refractivity contribution in [3.8, 4) is 11.3 Å². The van der Waals surface area contributed by atoms with Crippen LogP contribution in [0.2, 0.25) is 5.15 Å². The summed E-state index contributed by atoms with van der Waals surface area (Å²) in [5.41, 5.74) is 2.42. The molecule has 2 fully saturated rings. The van der Waals surface area contributed by atoms with Crippen LogP contribution in [0.5, 0.6) is 0 Å². The van der Waals surface area contributed by atoms with Crippen molar-refractivity contribution in [3.05, 3.63) is 41.9 Å². The number of halogens is 3. The van der Waals surface area contributed by atoms with Gasteiger partial charge < -0.3 is 4.90 Å². The first-order valence-electron chi connectivity index (χ1n) is 8.83. The molecule has 3 aromatic rings. The lowest BCUT2D eigenvalue weighted by molar-refractivity contribution is 0.0790. The van der Waals surface area contributed by atoms with Crippen LogP contribution in [0.1, 0.15) is 6.42 Å². The number of fused-ring (bicyclic) bond motifs is 3. The van der Waals surface area contributed by atoms with E-state index in [0.717, 1.165) is 29.3 Å². The van der Waals surface area contributed by atoms with Crippen molar-refractivity contribution in [1.29, 1.82) is 0 Å². The summed E-state index contributed by atoms with van der Waals surface area (Å²) in [6.45, 7) is 1.18. The van der Waals surface area contributed by atoms with Crippen LogP contribution in [-0.2, 0) is 0 Å². The predicted octanol–water partition coefficient (Wildman–Crippen LogP) is 2.97. The summed E-state index contributed by atoms with van der Waals surface area (Å²) in [4.78, 5) is 17.4. The average Bonchev–Trinajstić information content (AvgIpc) is 3.35. The molecule has 3 aromatic heterocycles. The minimum atomic E-state index is -2.30. The van der Waals surface area contributed by atoms with Crippen LogP contribution in [0.4, 0.5) is 14.7 Å². The molecule has 2 unspecified atom stereocenters. The second-order valence-corrected chi connectivity index (χ2v) is 7.39. The number of rotatable bonds is 4. The van der Waals surface area contributed by atoms with Crippen LogP contribution in [0.25, 0.3) is 16.9 Å². The molecule has 0 amide bonds. The van der Waals surface area contributed by atoms with Crippen LogP contribution < -0.4 is 4.90 Å². The SMILES string of the molecule is FC(F)CN1CC2CC1CN2c1nc(-c2ccnc(Cl)c2)cc2nccn12. The van der Waals surface area contributed by atoms with Gasteiger partial charge in [-0.05, 0) is 18.6 Å². The molecule has 2 aliphatic rings. The normalized spacial score (nSPS) is 22.4. The Labute approximate surface area is 159 Å². The first kappa shape index (κ1) is 16.8. The lowest BCUT2D eigenvalue weighted by Crippen LogP contribution is -2.48. The maximum absolute atomic E-state index is 12.8. The zero-order chi connectivity index (χ0) is 18.5. The molecule has 140 valence electrons. The molecular formula is C18H17ClF2N6. The highest BCUT2D eigenvalue weighted by atomic mass is 35.5. The summed E-state index contributed by atoms with van der Waals surface area (Å²) < 4.78 is 27.5. The second kappa shape index (κ2) is 6.38. The first-order valence-corrected chi connectivity index (χ1v) is 9.21. The highest BCUT2D eigenvalue weighted by Gasteiger charge is 2.45. The molecule has 6 nitrogen and oxygen atoms in total. The second-order valence-electron chi connectivity index (χ2n) is 7.00. The standard InChI is InChI=1S/C18H17ClF2N6/c19-15-5-11(1-2-22-15)14-7-17-23-3-4-26(17)18(24-14)27-9-12-6-13(27)8-25(12)10-16(20)21/h1-5,7,12-13,16H,6,8-10H2. The van der Waals surface area contributed by atoms with E-state index in [1.165, 1.54) is 0 Å². The van der Waals surface area contributed by atoms with Crippen molar-refractivity contribution in [2.24, 2.45) is 0 Å². The average molecular weight is 391 g/mol. The van der Waals surface area contributed by atoms with Gasteiger partial charge in [0.05, 0.1) is 12.2 Å². The van der Waals surface area contributed by atoms with E-state index in [1.807, 2.05) is 27.6 Å². The number of likely N-dealkylation sites (tertiary alicyclic amines) is 1. The van der Waals surface area contributed by atoms with Crippen LogP contribution in [0.3, 0.4) is 0 Å². The zero-order valence-corrected chi connectivity index (χ0v) is 15.1. The molecule has 2 aliphatic heterocycles. The van der Waals surface area contributed by atoms with E-state index in [1.54, 1.807) is 18.5 Å². The molecule has 5 rings (SSSR count). The third-order valence-electron chi connectivity index (χ3n) is 5.38. The van der Waals surface area contributed by atoms with Crippen LogP contribution >= 0.6 is 11.6 Å². The fourth-order valence-electron chi connectivity index (χ4n) is 4.21. The summed E-state index contributed by atoms with van der Waals surface area (Å²) in [5, 5.41) is 0.405. The Balaban J connectivity index is 1.52. The van der Waals surface area contributed by atoms with Crippen LogP contribution in [-0.4, -0.2) is 62.4 Å². The maximum Gasteiger partial charge on any atom is 0.251 e. The largest absolute Gasteiger partial charge is 0.336 e. The monoisotopic (exact) mass is 390 g/mol. The number of nitrogens with zero attached hydrogens (tertiary/aromatic N) is 6. The smallest absolute Gasteiger partial charge is 0.251 e. The number of anilines is 1. The minimum Gasteiger partial charge on any atom is -0.336 e. The van der Waals surface area contributed by atoms with Crippen LogP contribution in [0, 0.1) is 0 Å². The van der Waals surface area contributed by atoms with Crippen molar-refractivity contribution in [3.63, 3.8) is 0 Å². The Bertz CT molecular complexity index is 993. The minimum absolute atomic E-state index is 0.142. The number of piperazine rings is 1. The molecule has 0 aromatic carbocycles. The zero-order valence-electron chi connectivity index (χ0n) is 14.3. The van der Waals surface area contributed by atoms with Crippen molar-refractivity contribution in [1.82, 2.24) is 24.3 Å². The lowest BCUT2D eigenvalue weighted by atomic mass is 10.2. The summed E-state index contributed by atoms with van der Waals surface area (Å²) >= 11 is 6.03. The summed E-state index contributed by atoms with van der Waals surface area (Å²) in [6.07, 6.45) is 3.85. The third-order valence-corrected chi connectivity index (χ3v) is 5.58. The van der Waals surface area contributed by atoms with E-state index in [9.17, 15) is 8.78 Å². The number of hydrogen-bond donors (Lipinski definition) is 0. The number of pyridine rings is 1. The van der Waals surface area contributed by atoms with Crippen molar-refractivity contribution in [2.75, 3.05) is 24.5 Å². The Morgan fingerprint density at radius 3 is 2.78 bits per heavy atom. The van der Waals surface area contributed by atoms with Gasteiger partial charge in [-0.25, -0.2) is 23.7 Å². The quantitative estimate of drug-likeness (QED) is 0.641. The van der Waals surface area contributed by atoms with Gasteiger partial charge in [0.25, 0.3) is 6.43 Å². The first-order chi connectivity index (χ1) is 13.1. The van der Waals surface area contributed by atoms with Gasteiger partial charge in [-0.15, -0.1) is 0 Å². The van der Waals surface area contributed by atoms with Gasteiger partial charge in [0.15, 0.2) is 0 Å². The van der Waals surface area contributed by atoms with E-state index in [4.69, 9.17) is 16.6 Å². The fraction of sp³-hybridized carbons (Fsp3) is 0.389. The number of aromatic nitrogens is 4. The molecule has 27 heavy (non-hydrogen) atoms. The van der Waals surface area contributed by atoms with Gasteiger partial charge in [-0.3, -0.25) is 9.30 Å².